The van der Waals surface area contributed by atoms with Gasteiger partial charge in [-0.25, -0.2) is 9.97 Å². The number of pyridine rings is 1. The highest BCUT2D eigenvalue weighted by atomic mass is 15.3. The van der Waals surface area contributed by atoms with Crippen molar-refractivity contribution in [2.24, 2.45) is 7.05 Å². The second kappa shape index (κ2) is 3.83. The van der Waals surface area contributed by atoms with Crippen molar-refractivity contribution in [2.75, 3.05) is 5.73 Å². The van der Waals surface area contributed by atoms with Gasteiger partial charge in [0.1, 0.15) is 5.52 Å². The Kier molecular flexibility index (Phi) is 2.29. The highest BCUT2D eigenvalue weighted by molar-refractivity contribution is 5.77. The van der Waals surface area contributed by atoms with Gasteiger partial charge in [-0.1, -0.05) is 0 Å². The Balaban J connectivity index is 2.15. The van der Waals surface area contributed by atoms with E-state index in [9.17, 15) is 0 Å². The third kappa shape index (κ3) is 1.54. The van der Waals surface area contributed by atoms with Crippen molar-refractivity contribution < 1.29 is 0 Å². The molecule has 0 saturated heterocycles. The molecule has 0 unspecified atom stereocenters. The van der Waals surface area contributed by atoms with E-state index in [1.807, 2.05) is 35.4 Å². The first-order valence-electron chi connectivity index (χ1n) is 5.71. The van der Waals surface area contributed by atoms with E-state index < -0.39 is 0 Å². The van der Waals surface area contributed by atoms with E-state index in [1.54, 1.807) is 12.4 Å². The van der Waals surface area contributed by atoms with Gasteiger partial charge in [0.25, 0.3) is 0 Å². The summed E-state index contributed by atoms with van der Waals surface area (Å²) in [5.41, 5.74) is 9.78. The molecule has 0 amide bonds. The Morgan fingerprint density at radius 3 is 2.83 bits per heavy atom. The second-order valence-corrected chi connectivity index (χ2v) is 4.30. The fourth-order valence-corrected chi connectivity index (χ4v) is 2.03. The topological polar surface area (TPSA) is 74.6 Å². The van der Waals surface area contributed by atoms with Gasteiger partial charge < -0.3 is 5.73 Å². The van der Waals surface area contributed by atoms with Crippen molar-refractivity contribution in [2.45, 2.75) is 13.5 Å². The number of nitrogen functional groups attached to an aromatic ring is 1. The zero-order valence-corrected chi connectivity index (χ0v) is 10.3. The van der Waals surface area contributed by atoms with Crippen molar-refractivity contribution in [3.8, 4) is 0 Å². The van der Waals surface area contributed by atoms with Gasteiger partial charge in [0, 0.05) is 19.4 Å². The van der Waals surface area contributed by atoms with Crippen LogP contribution in [0.2, 0.25) is 0 Å². The van der Waals surface area contributed by atoms with E-state index in [0.29, 0.717) is 12.5 Å². The molecule has 3 rings (SSSR count). The third-order valence-electron chi connectivity index (χ3n) is 3.11. The minimum atomic E-state index is 0.480. The largest absolute Gasteiger partial charge is 0.369 e. The molecule has 3 aromatic heterocycles. The molecule has 3 heterocycles. The molecule has 0 aliphatic carbocycles. The van der Waals surface area contributed by atoms with E-state index in [0.717, 1.165) is 22.4 Å². The van der Waals surface area contributed by atoms with Crippen LogP contribution in [0.4, 0.5) is 5.95 Å². The van der Waals surface area contributed by atoms with E-state index in [4.69, 9.17) is 5.73 Å². The molecule has 2 N–H and O–H groups in total. The summed E-state index contributed by atoms with van der Waals surface area (Å²) in [4.78, 5) is 8.74. The molecule has 6 heteroatoms. The van der Waals surface area contributed by atoms with Crippen LogP contribution < -0.4 is 5.73 Å². The minimum Gasteiger partial charge on any atom is -0.369 e. The number of imidazole rings is 1. The van der Waals surface area contributed by atoms with Crippen LogP contribution in [0.3, 0.4) is 0 Å². The molecule has 0 saturated carbocycles. The number of fused-ring (bicyclic) bond motifs is 1. The molecular weight excluding hydrogens is 228 g/mol. The number of hydrogen-bond donors (Lipinski definition) is 1. The summed E-state index contributed by atoms with van der Waals surface area (Å²) in [5, 5.41) is 4.15. The van der Waals surface area contributed by atoms with Crippen LogP contribution in [-0.2, 0) is 13.6 Å². The van der Waals surface area contributed by atoms with Crippen molar-refractivity contribution in [1.82, 2.24) is 24.3 Å². The smallest absolute Gasteiger partial charge is 0.202 e. The molecule has 0 spiro atoms. The molecule has 0 aliphatic heterocycles. The Morgan fingerprint density at radius 1 is 1.28 bits per heavy atom. The van der Waals surface area contributed by atoms with Crippen LogP contribution in [0.15, 0.2) is 24.5 Å². The van der Waals surface area contributed by atoms with Crippen molar-refractivity contribution in [3.05, 3.63) is 35.8 Å². The standard InChI is InChI=1S/C12H14N6/c1-8-3-5-14-11-10(8)16-12(13)18(11)7-9-4-6-15-17(9)2/h3-6H,7H2,1-2H3,(H2,13,16). The normalized spacial score (nSPS) is 11.2. The van der Waals surface area contributed by atoms with Crippen LogP contribution in [-0.4, -0.2) is 24.3 Å². The lowest BCUT2D eigenvalue weighted by atomic mass is 10.3. The monoisotopic (exact) mass is 242 g/mol. The lowest BCUT2D eigenvalue weighted by molar-refractivity contribution is 0.676. The maximum atomic E-state index is 5.97. The summed E-state index contributed by atoms with van der Waals surface area (Å²) in [5.74, 6) is 0.480. The minimum absolute atomic E-state index is 0.480. The Labute approximate surface area is 104 Å². The van der Waals surface area contributed by atoms with E-state index in [2.05, 4.69) is 15.1 Å². The molecule has 0 fully saturated rings. The SMILES string of the molecule is Cc1ccnc2c1nc(N)n2Cc1ccnn1C. The number of anilines is 1. The number of nitrogens with zero attached hydrogens (tertiary/aromatic N) is 5. The summed E-state index contributed by atoms with van der Waals surface area (Å²) >= 11 is 0. The van der Waals surface area contributed by atoms with Crippen LogP contribution in [0, 0.1) is 6.92 Å². The van der Waals surface area contributed by atoms with Gasteiger partial charge in [0.15, 0.2) is 5.65 Å². The maximum absolute atomic E-state index is 5.97. The maximum Gasteiger partial charge on any atom is 0.202 e. The molecule has 3 aromatic rings. The first-order valence-corrected chi connectivity index (χ1v) is 5.71. The van der Waals surface area contributed by atoms with Gasteiger partial charge in [-0.15, -0.1) is 0 Å². The van der Waals surface area contributed by atoms with E-state index in [-0.39, 0.29) is 0 Å². The molecule has 0 radical (unpaired) electrons. The van der Waals surface area contributed by atoms with Crippen LogP contribution in [0.25, 0.3) is 11.2 Å². The number of rotatable bonds is 2. The van der Waals surface area contributed by atoms with Gasteiger partial charge in [-0.05, 0) is 24.6 Å². The highest BCUT2D eigenvalue weighted by Crippen LogP contribution is 2.19. The molecule has 0 aliphatic rings. The van der Waals surface area contributed by atoms with Crippen molar-refractivity contribution in [3.63, 3.8) is 0 Å². The Hall–Kier alpha value is -2.37. The first-order chi connectivity index (χ1) is 8.66. The Morgan fingerprint density at radius 2 is 2.11 bits per heavy atom. The fourth-order valence-electron chi connectivity index (χ4n) is 2.03. The summed E-state index contributed by atoms with van der Waals surface area (Å²) in [6.07, 6.45) is 3.54. The van der Waals surface area contributed by atoms with E-state index in [1.165, 1.54) is 0 Å². The van der Waals surface area contributed by atoms with Crippen molar-refractivity contribution in [1.29, 1.82) is 0 Å². The quantitative estimate of drug-likeness (QED) is 0.730. The number of nitrogens with two attached hydrogens (primary N) is 1. The number of aromatic nitrogens is 5. The zero-order valence-electron chi connectivity index (χ0n) is 10.3. The van der Waals surface area contributed by atoms with Crippen LogP contribution in [0.5, 0.6) is 0 Å². The van der Waals surface area contributed by atoms with Gasteiger partial charge >= 0.3 is 0 Å². The lowest BCUT2D eigenvalue weighted by Gasteiger charge is -2.06. The third-order valence-corrected chi connectivity index (χ3v) is 3.11. The number of aryl methyl sites for hydroxylation is 2. The van der Waals surface area contributed by atoms with Gasteiger partial charge in [0.2, 0.25) is 5.95 Å². The van der Waals surface area contributed by atoms with Gasteiger partial charge in [0.05, 0.1) is 12.2 Å². The van der Waals surface area contributed by atoms with Gasteiger partial charge in [-0.3, -0.25) is 9.25 Å². The lowest BCUT2D eigenvalue weighted by Crippen LogP contribution is -2.08. The Bertz CT molecular complexity index is 709. The average Bonchev–Trinajstić information content (AvgIpc) is 2.87. The zero-order chi connectivity index (χ0) is 12.7. The van der Waals surface area contributed by atoms with Gasteiger partial charge in [-0.2, -0.15) is 5.10 Å². The predicted octanol–water partition coefficient (Wildman–Crippen LogP) is 1.10. The number of hydrogen-bond acceptors (Lipinski definition) is 4. The fraction of sp³-hybridized carbons (Fsp3) is 0.250. The summed E-state index contributed by atoms with van der Waals surface area (Å²) in [7, 11) is 1.91. The molecule has 6 nitrogen and oxygen atoms in total. The summed E-state index contributed by atoms with van der Waals surface area (Å²) in [6, 6.07) is 3.89. The predicted molar refractivity (Wildman–Crippen MR) is 69.0 cm³/mol. The van der Waals surface area contributed by atoms with E-state index >= 15 is 0 Å². The molecule has 0 bridgehead atoms. The van der Waals surface area contributed by atoms with Crippen LogP contribution >= 0.6 is 0 Å². The van der Waals surface area contributed by atoms with Crippen molar-refractivity contribution >= 4 is 17.1 Å². The second-order valence-electron chi connectivity index (χ2n) is 4.30. The highest BCUT2D eigenvalue weighted by Gasteiger charge is 2.12. The summed E-state index contributed by atoms with van der Waals surface area (Å²) in [6.45, 7) is 2.63. The van der Waals surface area contributed by atoms with Crippen LogP contribution in [0.1, 0.15) is 11.3 Å². The first kappa shape index (κ1) is 10.8. The molecule has 0 atom stereocenters. The molecule has 18 heavy (non-hydrogen) atoms. The molecule has 0 aromatic carbocycles. The average molecular weight is 242 g/mol. The molecular formula is C12H14N6. The summed E-state index contributed by atoms with van der Waals surface area (Å²) < 4.78 is 3.72. The molecule has 92 valence electrons.